The first kappa shape index (κ1) is 11.1. The van der Waals surface area contributed by atoms with Gasteiger partial charge in [-0.3, -0.25) is 0 Å². The molecule has 2 rings (SSSR count). The van der Waals surface area contributed by atoms with Crippen LogP contribution >= 0.6 is 0 Å². The molecule has 0 saturated carbocycles. The van der Waals surface area contributed by atoms with Crippen LogP contribution in [0.15, 0.2) is 53.7 Å². The fourth-order valence-corrected chi connectivity index (χ4v) is 1.40. The highest BCUT2D eigenvalue weighted by Crippen LogP contribution is 2.34. The third-order valence-electron chi connectivity index (χ3n) is 2.24. The molecule has 0 radical (unpaired) electrons. The Balaban J connectivity index is 2.30. The summed E-state index contributed by atoms with van der Waals surface area (Å²) in [6.07, 6.45) is 0. The first-order chi connectivity index (χ1) is 8.33. The van der Waals surface area contributed by atoms with Crippen molar-refractivity contribution >= 4 is 5.69 Å². The van der Waals surface area contributed by atoms with Gasteiger partial charge in [-0.15, -0.1) is 4.91 Å². The van der Waals surface area contributed by atoms with Gasteiger partial charge in [0.15, 0.2) is 11.4 Å². The highest BCUT2D eigenvalue weighted by Gasteiger charge is 2.07. The topological polar surface area (TPSA) is 47.9 Å². The summed E-state index contributed by atoms with van der Waals surface area (Å²) in [5, 5.41) is 2.92. The maximum absolute atomic E-state index is 10.7. The van der Waals surface area contributed by atoms with Crippen molar-refractivity contribution < 1.29 is 9.47 Å². The van der Waals surface area contributed by atoms with E-state index in [0.29, 0.717) is 17.2 Å². The van der Waals surface area contributed by atoms with E-state index in [0.717, 1.165) is 0 Å². The van der Waals surface area contributed by atoms with Crippen molar-refractivity contribution in [1.82, 2.24) is 0 Å². The molecule has 2 aromatic carbocycles. The average Bonchev–Trinajstić information content (AvgIpc) is 2.40. The molecule has 0 fully saturated rings. The number of methoxy groups -OCH3 is 1. The van der Waals surface area contributed by atoms with Gasteiger partial charge in [0, 0.05) is 6.07 Å². The van der Waals surface area contributed by atoms with E-state index in [1.807, 2.05) is 18.2 Å². The Morgan fingerprint density at radius 3 is 2.41 bits per heavy atom. The van der Waals surface area contributed by atoms with Crippen LogP contribution in [0.5, 0.6) is 17.2 Å². The molecule has 17 heavy (non-hydrogen) atoms. The lowest BCUT2D eigenvalue weighted by atomic mass is 10.2. The monoisotopic (exact) mass is 229 g/mol. The van der Waals surface area contributed by atoms with Crippen LogP contribution in [0.25, 0.3) is 0 Å². The Labute approximate surface area is 98.8 Å². The van der Waals surface area contributed by atoms with Crippen LogP contribution in [0.3, 0.4) is 0 Å². The van der Waals surface area contributed by atoms with Crippen LogP contribution in [0.2, 0.25) is 0 Å². The average molecular weight is 229 g/mol. The maximum atomic E-state index is 10.7. The predicted molar refractivity (Wildman–Crippen MR) is 65.0 cm³/mol. The Kier molecular flexibility index (Phi) is 3.35. The quantitative estimate of drug-likeness (QED) is 0.747. The van der Waals surface area contributed by atoms with E-state index in [4.69, 9.17) is 9.47 Å². The van der Waals surface area contributed by atoms with Gasteiger partial charge in [-0.25, -0.2) is 0 Å². The number of para-hydroxylation sites is 1. The van der Waals surface area contributed by atoms with E-state index in [1.165, 1.54) is 13.2 Å². The Bertz CT molecular complexity index is 511. The third kappa shape index (κ3) is 2.60. The molecular formula is C13H11NO3. The Hall–Kier alpha value is -2.36. The maximum Gasteiger partial charge on any atom is 0.156 e. The van der Waals surface area contributed by atoms with Crippen LogP contribution in [0.1, 0.15) is 0 Å². The number of ether oxygens (including phenoxy) is 2. The van der Waals surface area contributed by atoms with E-state index in [-0.39, 0.29) is 5.69 Å². The van der Waals surface area contributed by atoms with Crippen molar-refractivity contribution in [2.24, 2.45) is 5.18 Å². The smallest absolute Gasteiger partial charge is 0.156 e. The summed E-state index contributed by atoms with van der Waals surface area (Å²) in [5.41, 5.74) is 0.216. The van der Waals surface area contributed by atoms with E-state index in [1.54, 1.807) is 24.3 Å². The van der Waals surface area contributed by atoms with Gasteiger partial charge >= 0.3 is 0 Å². The zero-order chi connectivity index (χ0) is 12.1. The summed E-state index contributed by atoms with van der Waals surface area (Å²) in [5.74, 6) is 1.63. The largest absolute Gasteiger partial charge is 0.497 e. The normalized spacial score (nSPS) is 9.71. The second-order valence-corrected chi connectivity index (χ2v) is 3.34. The van der Waals surface area contributed by atoms with Gasteiger partial charge in [-0.05, 0) is 29.4 Å². The zero-order valence-electron chi connectivity index (χ0n) is 9.29. The third-order valence-corrected chi connectivity index (χ3v) is 2.24. The van der Waals surface area contributed by atoms with E-state index >= 15 is 0 Å². The number of hydrogen-bond acceptors (Lipinski definition) is 4. The Morgan fingerprint density at radius 1 is 1.00 bits per heavy atom. The molecule has 0 aliphatic heterocycles. The van der Waals surface area contributed by atoms with Gasteiger partial charge < -0.3 is 9.47 Å². The van der Waals surface area contributed by atoms with Gasteiger partial charge in [0.1, 0.15) is 11.5 Å². The molecule has 0 saturated heterocycles. The molecule has 0 amide bonds. The van der Waals surface area contributed by atoms with Gasteiger partial charge in [-0.2, -0.15) is 0 Å². The summed E-state index contributed by atoms with van der Waals surface area (Å²) in [6.45, 7) is 0. The fraction of sp³-hybridized carbons (Fsp3) is 0.0769. The molecule has 0 aliphatic rings. The Morgan fingerprint density at radius 2 is 1.76 bits per heavy atom. The van der Waals surface area contributed by atoms with E-state index < -0.39 is 0 Å². The molecule has 86 valence electrons. The summed E-state index contributed by atoms with van der Waals surface area (Å²) in [7, 11) is 1.53. The lowest BCUT2D eigenvalue weighted by molar-refractivity contribution is 0.413. The predicted octanol–water partition coefficient (Wildman–Crippen LogP) is 3.89. The second-order valence-electron chi connectivity index (χ2n) is 3.34. The summed E-state index contributed by atoms with van der Waals surface area (Å²) in [4.78, 5) is 10.7. The van der Waals surface area contributed by atoms with Crippen molar-refractivity contribution in [3.8, 4) is 17.2 Å². The van der Waals surface area contributed by atoms with Crippen molar-refractivity contribution in [2.75, 3.05) is 7.11 Å². The molecule has 0 N–H and O–H groups in total. The van der Waals surface area contributed by atoms with Crippen molar-refractivity contribution in [3.05, 3.63) is 53.4 Å². The first-order valence-electron chi connectivity index (χ1n) is 5.08. The molecule has 0 aromatic heterocycles. The molecule has 0 atom stereocenters. The summed E-state index contributed by atoms with van der Waals surface area (Å²) >= 11 is 0. The number of benzene rings is 2. The minimum Gasteiger partial charge on any atom is -0.497 e. The highest BCUT2D eigenvalue weighted by molar-refractivity contribution is 5.56. The molecule has 0 unspecified atom stereocenters. The van der Waals surface area contributed by atoms with E-state index in [2.05, 4.69) is 5.18 Å². The van der Waals surface area contributed by atoms with Gasteiger partial charge in [0.2, 0.25) is 0 Å². The van der Waals surface area contributed by atoms with Crippen LogP contribution in [0, 0.1) is 4.91 Å². The number of rotatable bonds is 4. The van der Waals surface area contributed by atoms with Gasteiger partial charge in [0.25, 0.3) is 0 Å². The van der Waals surface area contributed by atoms with E-state index in [9.17, 15) is 4.91 Å². The molecule has 4 nitrogen and oxygen atoms in total. The molecule has 2 aromatic rings. The molecule has 0 heterocycles. The van der Waals surface area contributed by atoms with Crippen LogP contribution in [-0.2, 0) is 0 Å². The SMILES string of the molecule is COc1ccc(Oc2ccccc2)c(N=O)c1. The van der Waals surface area contributed by atoms with Crippen LogP contribution < -0.4 is 9.47 Å². The summed E-state index contributed by atoms with van der Waals surface area (Å²) < 4.78 is 10.6. The molecule has 0 aliphatic carbocycles. The molecule has 0 bridgehead atoms. The number of nitroso groups, excluding NO2 is 1. The van der Waals surface area contributed by atoms with Crippen molar-refractivity contribution in [1.29, 1.82) is 0 Å². The lowest BCUT2D eigenvalue weighted by Gasteiger charge is -2.08. The highest BCUT2D eigenvalue weighted by atomic mass is 16.5. The second kappa shape index (κ2) is 5.12. The molecule has 0 spiro atoms. The van der Waals surface area contributed by atoms with Crippen LogP contribution in [0.4, 0.5) is 5.69 Å². The van der Waals surface area contributed by atoms with Gasteiger partial charge in [0.05, 0.1) is 7.11 Å². The number of nitrogens with zero attached hydrogens (tertiary/aromatic N) is 1. The number of hydrogen-bond donors (Lipinski definition) is 0. The minimum atomic E-state index is 0.216. The molecular weight excluding hydrogens is 218 g/mol. The van der Waals surface area contributed by atoms with Gasteiger partial charge in [-0.1, -0.05) is 18.2 Å². The lowest BCUT2D eigenvalue weighted by Crippen LogP contribution is -1.86. The minimum absolute atomic E-state index is 0.216. The summed E-state index contributed by atoms with van der Waals surface area (Å²) in [6, 6.07) is 14.1. The van der Waals surface area contributed by atoms with Crippen molar-refractivity contribution in [3.63, 3.8) is 0 Å². The molecule has 4 heteroatoms. The fourth-order valence-electron chi connectivity index (χ4n) is 1.40. The first-order valence-corrected chi connectivity index (χ1v) is 5.08. The standard InChI is InChI=1S/C13H11NO3/c1-16-11-7-8-13(12(9-11)14-15)17-10-5-3-2-4-6-10/h2-9H,1H3. The van der Waals surface area contributed by atoms with Crippen LogP contribution in [-0.4, -0.2) is 7.11 Å². The zero-order valence-corrected chi connectivity index (χ0v) is 9.29. The van der Waals surface area contributed by atoms with Crippen molar-refractivity contribution in [2.45, 2.75) is 0 Å².